The lowest BCUT2D eigenvalue weighted by atomic mass is 10.1. The number of rotatable bonds is 3. The van der Waals surface area contributed by atoms with Gasteiger partial charge in [-0.2, -0.15) is 0 Å². The molecule has 1 aromatic rings. The van der Waals surface area contributed by atoms with Crippen LogP contribution in [0.4, 0.5) is 11.4 Å². The van der Waals surface area contributed by atoms with Gasteiger partial charge in [0.15, 0.2) is 0 Å². The fourth-order valence-electron chi connectivity index (χ4n) is 2.14. The SMILES string of the molecule is CC(CC(=O)O)N1CCNc2ccc(Br)cc21. The number of anilines is 2. The van der Waals surface area contributed by atoms with Crippen molar-refractivity contribution in [3.63, 3.8) is 0 Å². The maximum absolute atomic E-state index is 10.8. The Hall–Kier alpha value is -1.23. The maximum atomic E-state index is 10.8. The third kappa shape index (κ3) is 2.72. The van der Waals surface area contributed by atoms with Gasteiger partial charge in [-0.1, -0.05) is 15.9 Å². The molecule has 1 aromatic carbocycles. The number of halogens is 1. The lowest BCUT2D eigenvalue weighted by molar-refractivity contribution is -0.137. The molecule has 0 amide bonds. The zero-order chi connectivity index (χ0) is 12.4. The van der Waals surface area contributed by atoms with Gasteiger partial charge in [-0.05, 0) is 25.1 Å². The fraction of sp³-hybridized carbons (Fsp3) is 0.417. The van der Waals surface area contributed by atoms with Crippen LogP contribution in [0, 0.1) is 0 Å². The molecule has 0 spiro atoms. The van der Waals surface area contributed by atoms with Crippen molar-refractivity contribution in [1.82, 2.24) is 0 Å². The molecule has 0 radical (unpaired) electrons. The molecule has 1 unspecified atom stereocenters. The zero-order valence-electron chi connectivity index (χ0n) is 9.61. The predicted molar refractivity (Wildman–Crippen MR) is 71.7 cm³/mol. The molecule has 92 valence electrons. The number of carbonyl (C=O) groups is 1. The smallest absolute Gasteiger partial charge is 0.305 e. The molecule has 4 nitrogen and oxygen atoms in total. The van der Waals surface area contributed by atoms with Gasteiger partial charge in [-0.3, -0.25) is 4.79 Å². The summed E-state index contributed by atoms with van der Waals surface area (Å²) >= 11 is 3.45. The van der Waals surface area contributed by atoms with Gasteiger partial charge in [0.25, 0.3) is 0 Å². The second-order valence-electron chi connectivity index (χ2n) is 4.23. The van der Waals surface area contributed by atoms with Crippen LogP contribution < -0.4 is 10.2 Å². The predicted octanol–water partition coefficient (Wildman–Crippen LogP) is 2.54. The van der Waals surface area contributed by atoms with E-state index in [2.05, 4.69) is 26.1 Å². The minimum atomic E-state index is -0.757. The van der Waals surface area contributed by atoms with E-state index in [-0.39, 0.29) is 12.5 Å². The molecule has 17 heavy (non-hydrogen) atoms. The maximum Gasteiger partial charge on any atom is 0.305 e. The Morgan fingerprint density at radius 1 is 1.65 bits per heavy atom. The van der Waals surface area contributed by atoms with Crippen LogP contribution in [-0.4, -0.2) is 30.2 Å². The van der Waals surface area contributed by atoms with E-state index >= 15 is 0 Å². The lowest BCUT2D eigenvalue weighted by Crippen LogP contribution is -2.41. The van der Waals surface area contributed by atoms with Crippen molar-refractivity contribution in [2.75, 3.05) is 23.3 Å². The van der Waals surface area contributed by atoms with Crippen LogP contribution in [0.1, 0.15) is 13.3 Å². The highest BCUT2D eigenvalue weighted by Crippen LogP contribution is 2.33. The van der Waals surface area contributed by atoms with Crippen molar-refractivity contribution >= 4 is 33.3 Å². The Kier molecular flexibility index (Phi) is 3.57. The molecule has 0 fully saturated rings. The summed E-state index contributed by atoms with van der Waals surface area (Å²) in [5, 5.41) is 12.2. The topological polar surface area (TPSA) is 52.6 Å². The average molecular weight is 299 g/mol. The van der Waals surface area contributed by atoms with Gasteiger partial charge in [0.05, 0.1) is 17.8 Å². The second kappa shape index (κ2) is 4.96. The van der Waals surface area contributed by atoms with E-state index < -0.39 is 5.97 Å². The summed E-state index contributed by atoms with van der Waals surface area (Å²) < 4.78 is 1.01. The molecule has 0 saturated carbocycles. The van der Waals surface area contributed by atoms with Crippen molar-refractivity contribution in [3.8, 4) is 0 Å². The highest BCUT2D eigenvalue weighted by molar-refractivity contribution is 9.10. The largest absolute Gasteiger partial charge is 0.481 e. The van der Waals surface area contributed by atoms with E-state index in [9.17, 15) is 4.79 Å². The third-order valence-corrected chi connectivity index (χ3v) is 3.43. The Morgan fingerprint density at radius 2 is 2.41 bits per heavy atom. The van der Waals surface area contributed by atoms with E-state index in [1.165, 1.54) is 0 Å². The van der Waals surface area contributed by atoms with Gasteiger partial charge in [-0.25, -0.2) is 0 Å². The molecular weight excluding hydrogens is 284 g/mol. The molecule has 0 saturated heterocycles. The van der Waals surface area contributed by atoms with Crippen LogP contribution in [0.2, 0.25) is 0 Å². The quantitative estimate of drug-likeness (QED) is 0.900. The molecule has 2 rings (SSSR count). The molecule has 0 aromatic heterocycles. The molecule has 1 heterocycles. The van der Waals surface area contributed by atoms with Gasteiger partial charge in [0, 0.05) is 23.6 Å². The summed E-state index contributed by atoms with van der Waals surface area (Å²) in [6, 6.07) is 6.03. The minimum Gasteiger partial charge on any atom is -0.481 e. The van der Waals surface area contributed by atoms with Crippen molar-refractivity contribution in [2.24, 2.45) is 0 Å². The Labute approximate surface area is 109 Å². The highest BCUT2D eigenvalue weighted by atomic mass is 79.9. The third-order valence-electron chi connectivity index (χ3n) is 2.94. The van der Waals surface area contributed by atoms with E-state index in [0.717, 1.165) is 28.9 Å². The molecule has 1 aliphatic rings. The van der Waals surface area contributed by atoms with E-state index in [0.29, 0.717) is 0 Å². The zero-order valence-corrected chi connectivity index (χ0v) is 11.2. The molecular formula is C12H15BrN2O2. The monoisotopic (exact) mass is 298 g/mol. The van der Waals surface area contributed by atoms with Crippen LogP contribution in [0.3, 0.4) is 0 Å². The van der Waals surface area contributed by atoms with Crippen molar-refractivity contribution in [3.05, 3.63) is 22.7 Å². The van der Waals surface area contributed by atoms with Gasteiger partial charge in [-0.15, -0.1) is 0 Å². The summed E-state index contributed by atoms with van der Waals surface area (Å²) in [7, 11) is 0. The molecule has 0 aliphatic carbocycles. The average Bonchev–Trinajstić information content (AvgIpc) is 2.27. The Morgan fingerprint density at radius 3 is 3.12 bits per heavy atom. The van der Waals surface area contributed by atoms with Crippen molar-refractivity contribution < 1.29 is 9.90 Å². The number of hydrogen-bond donors (Lipinski definition) is 2. The number of nitrogens with one attached hydrogen (secondary N) is 1. The number of fused-ring (bicyclic) bond motifs is 1. The number of carboxylic acid groups (broad SMARTS) is 1. The van der Waals surface area contributed by atoms with Crippen LogP contribution >= 0.6 is 15.9 Å². The number of nitrogens with zero attached hydrogens (tertiary/aromatic N) is 1. The number of carboxylic acids is 1. The van der Waals surface area contributed by atoms with Crippen molar-refractivity contribution in [2.45, 2.75) is 19.4 Å². The molecule has 1 aliphatic heterocycles. The standard InChI is InChI=1S/C12H15BrN2O2/c1-8(6-12(16)17)15-5-4-14-10-3-2-9(13)7-11(10)15/h2-3,7-8,14H,4-6H2,1H3,(H,16,17). The lowest BCUT2D eigenvalue weighted by Gasteiger charge is -2.36. The molecule has 0 bridgehead atoms. The van der Waals surface area contributed by atoms with Crippen molar-refractivity contribution in [1.29, 1.82) is 0 Å². The fourth-order valence-corrected chi connectivity index (χ4v) is 2.49. The number of hydrogen-bond acceptors (Lipinski definition) is 3. The summed E-state index contributed by atoms with van der Waals surface area (Å²) in [6.07, 6.45) is 0.159. The van der Waals surface area contributed by atoms with Crippen LogP contribution in [0.25, 0.3) is 0 Å². The van der Waals surface area contributed by atoms with Gasteiger partial charge in [0.2, 0.25) is 0 Å². The first kappa shape index (κ1) is 12.2. The number of benzene rings is 1. The summed E-state index contributed by atoms with van der Waals surface area (Å²) in [4.78, 5) is 12.9. The van der Waals surface area contributed by atoms with Crippen LogP contribution in [0.5, 0.6) is 0 Å². The Balaban J connectivity index is 2.27. The van der Waals surface area contributed by atoms with Gasteiger partial charge < -0.3 is 15.3 Å². The Bertz CT molecular complexity index is 437. The second-order valence-corrected chi connectivity index (χ2v) is 5.14. The molecule has 2 N–H and O–H groups in total. The highest BCUT2D eigenvalue weighted by Gasteiger charge is 2.22. The molecule has 1 atom stereocenters. The first-order chi connectivity index (χ1) is 8.08. The number of aliphatic carboxylic acids is 1. The van der Waals surface area contributed by atoms with Gasteiger partial charge in [0.1, 0.15) is 0 Å². The molecule has 5 heteroatoms. The first-order valence-electron chi connectivity index (χ1n) is 5.60. The van der Waals surface area contributed by atoms with E-state index in [1.807, 2.05) is 25.1 Å². The van der Waals surface area contributed by atoms with Crippen LogP contribution in [-0.2, 0) is 4.79 Å². The minimum absolute atomic E-state index is 0.00245. The van der Waals surface area contributed by atoms with E-state index in [4.69, 9.17) is 5.11 Å². The summed E-state index contributed by atoms with van der Waals surface area (Å²) in [5.74, 6) is -0.757. The normalized spacial score (nSPS) is 16.0. The summed E-state index contributed by atoms with van der Waals surface area (Å²) in [6.45, 7) is 3.63. The first-order valence-corrected chi connectivity index (χ1v) is 6.39. The summed E-state index contributed by atoms with van der Waals surface area (Å²) in [5.41, 5.74) is 2.14. The van der Waals surface area contributed by atoms with E-state index in [1.54, 1.807) is 0 Å². The van der Waals surface area contributed by atoms with Gasteiger partial charge >= 0.3 is 5.97 Å². The van der Waals surface area contributed by atoms with Crippen LogP contribution in [0.15, 0.2) is 22.7 Å².